The second-order valence-electron chi connectivity index (χ2n) is 6.93. The number of carbonyl (C=O) groups excluding carboxylic acids is 1. The summed E-state index contributed by atoms with van der Waals surface area (Å²) in [7, 11) is 0. The molecule has 1 aromatic rings. The third-order valence-corrected chi connectivity index (χ3v) is 6.07. The van der Waals surface area contributed by atoms with Gasteiger partial charge in [-0.1, -0.05) is 19.3 Å². The smallest absolute Gasteiger partial charge is 0.314 e. The SMILES string of the molecule is NC1(CNC(=O)NCCN2CCc3sccc3C2)CCCCC1. The molecule has 1 aromatic heterocycles. The van der Waals surface area contributed by atoms with E-state index in [9.17, 15) is 4.79 Å². The van der Waals surface area contributed by atoms with Gasteiger partial charge in [0.15, 0.2) is 0 Å². The normalized spacial score (nSPS) is 20.7. The number of hydrogen-bond acceptors (Lipinski definition) is 4. The van der Waals surface area contributed by atoms with Crippen molar-refractivity contribution in [3.63, 3.8) is 0 Å². The van der Waals surface area contributed by atoms with Crippen molar-refractivity contribution in [2.24, 2.45) is 5.73 Å². The maximum absolute atomic E-state index is 11.9. The van der Waals surface area contributed by atoms with Crippen LogP contribution >= 0.6 is 11.3 Å². The molecular formula is C17H28N4OS. The summed E-state index contributed by atoms with van der Waals surface area (Å²) in [5, 5.41) is 8.08. The molecule has 5 nitrogen and oxygen atoms in total. The number of nitrogens with zero attached hydrogens (tertiary/aromatic N) is 1. The molecule has 128 valence electrons. The van der Waals surface area contributed by atoms with Crippen LogP contribution in [0.2, 0.25) is 0 Å². The van der Waals surface area contributed by atoms with Crippen molar-refractivity contribution in [1.82, 2.24) is 15.5 Å². The van der Waals surface area contributed by atoms with Crippen LogP contribution in [0.5, 0.6) is 0 Å². The highest BCUT2D eigenvalue weighted by Crippen LogP contribution is 2.25. The van der Waals surface area contributed by atoms with Gasteiger partial charge in [0, 0.05) is 43.1 Å². The van der Waals surface area contributed by atoms with E-state index in [1.54, 1.807) is 0 Å². The first-order chi connectivity index (χ1) is 11.1. The van der Waals surface area contributed by atoms with Gasteiger partial charge >= 0.3 is 6.03 Å². The van der Waals surface area contributed by atoms with Crippen LogP contribution < -0.4 is 16.4 Å². The number of hydrogen-bond donors (Lipinski definition) is 3. The molecule has 0 spiro atoms. The topological polar surface area (TPSA) is 70.4 Å². The molecule has 4 N–H and O–H groups in total. The van der Waals surface area contributed by atoms with Crippen molar-refractivity contribution in [1.29, 1.82) is 0 Å². The van der Waals surface area contributed by atoms with Gasteiger partial charge in [-0.3, -0.25) is 4.90 Å². The minimum atomic E-state index is -0.197. The van der Waals surface area contributed by atoms with Crippen LogP contribution in [-0.2, 0) is 13.0 Å². The van der Waals surface area contributed by atoms with Gasteiger partial charge < -0.3 is 16.4 Å². The van der Waals surface area contributed by atoms with E-state index in [0.717, 1.165) is 38.9 Å². The van der Waals surface area contributed by atoms with Crippen LogP contribution in [0.3, 0.4) is 0 Å². The lowest BCUT2D eigenvalue weighted by Gasteiger charge is -2.33. The van der Waals surface area contributed by atoms with Gasteiger partial charge in [-0.05, 0) is 36.3 Å². The third kappa shape index (κ3) is 4.68. The molecule has 0 saturated heterocycles. The Balaban J connectivity index is 1.32. The van der Waals surface area contributed by atoms with Gasteiger partial charge in [0.2, 0.25) is 0 Å². The highest BCUT2D eigenvalue weighted by Gasteiger charge is 2.27. The van der Waals surface area contributed by atoms with Gasteiger partial charge in [0.1, 0.15) is 0 Å². The molecule has 2 aliphatic rings. The van der Waals surface area contributed by atoms with E-state index >= 15 is 0 Å². The number of carbonyl (C=O) groups is 1. The molecule has 0 aromatic carbocycles. The summed E-state index contributed by atoms with van der Waals surface area (Å²) in [6.45, 7) is 4.26. The summed E-state index contributed by atoms with van der Waals surface area (Å²) in [6, 6.07) is 2.13. The average molecular weight is 337 g/mol. The number of amides is 2. The zero-order chi connectivity index (χ0) is 16.1. The van der Waals surface area contributed by atoms with Crippen molar-refractivity contribution in [3.8, 4) is 0 Å². The Labute approximate surface area is 142 Å². The predicted octanol–water partition coefficient (Wildman–Crippen LogP) is 2.07. The van der Waals surface area contributed by atoms with Crippen LogP contribution in [0, 0.1) is 0 Å². The zero-order valence-electron chi connectivity index (χ0n) is 13.8. The lowest BCUT2D eigenvalue weighted by Crippen LogP contribution is -2.53. The maximum atomic E-state index is 11.9. The van der Waals surface area contributed by atoms with E-state index in [2.05, 4.69) is 27.0 Å². The molecule has 1 aliphatic carbocycles. The van der Waals surface area contributed by atoms with Crippen LogP contribution in [0.15, 0.2) is 11.4 Å². The van der Waals surface area contributed by atoms with E-state index in [1.807, 2.05) is 11.3 Å². The number of fused-ring (bicyclic) bond motifs is 1. The van der Waals surface area contributed by atoms with E-state index in [1.165, 1.54) is 29.7 Å². The Kier molecular flexibility index (Phi) is 5.56. The second-order valence-corrected chi connectivity index (χ2v) is 7.93. The van der Waals surface area contributed by atoms with Gasteiger partial charge in [-0.25, -0.2) is 4.79 Å². The summed E-state index contributed by atoms with van der Waals surface area (Å²) in [4.78, 5) is 15.9. The number of rotatable bonds is 5. The Bertz CT molecular complexity index is 524. The monoisotopic (exact) mass is 336 g/mol. The summed E-state index contributed by atoms with van der Waals surface area (Å²) in [6.07, 6.45) is 6.80. The molecule has 6 heteroatoms. The van der Waals surface area contributed by atoms with Gasteiger partial charge in [-0.15, -0.1) is 11.3 Å². The van der Waals surface area contributed by atoms with Crippen molar-refractivity contribution in [2.75, 3.05) is 26.2 Å². The fourth-order valence-corrected chi connectivity index (χ4v) is 4.47. The lowest BCUT2D eigenvalue weighted by atomic mass is 9.82. The van der Waals surface area contributed by atoms with Crippen LogP contribution in [0.4, 0.5) is 4.79 Å². The molecule has 2 heterocycles. The molecule has 2 amide bonds. The van der Waals surface area contributed by atoms with Gasteiger partial charge in [0.25, 0.3) is 0 Å². The molecule has 0 unspecified atom stereocenters. The Hall–Kier alpha value is -1.11. The summed E-state index contributed by atoms with van der Waals surface area (Å²) in [5.74, 6) is 0. The predicted molar refractivity (Wildman–Crippen MR) is 94.7 cm³/mol. The fourth-order valence-electron chi connectivity index (χ4n) is 3.58. The van der Waals surface area contributed by atoms with E-state index < -0.39 is 0 Å². The number of nitrogens with two attached hydrogens (primary N) is 1. The summed E-state index contributed by atoms with van der Waals surface area (Å²) >= 11 is 1.86. The molecular weight excluding hydrogens is 308 g/mol. The average Bonchev–Trinajstić information content (AvgIpc) is 3.01. The molecule has 0 radical (unpaired) electrons. The molecule has 0 bridgehead atoms. The van der Waals surface area contributed by atoms with Crippen molar-refractivity contribution in [3.05, 3.63) is 21.9 Å². The Morgan fingerprint density at radius 3 is 2.96 bits per heavy atom. The summed E-state index contributed by atoms with van der Waals surface area (Å²) < 4.78 is 0. The zero-order valence-corrected chi connectivity index (χ0v) is 14.6. The first kappa shape index (κ1) is 16.7. The molecule has 3 rings (SSSR count). The van der Waals surface area contributed by atoms with Crippen LogP contribution in [0.25, 0.3) is 0 Å². The molecule has 1 saturated carbocycles. The summed E-state index contributed by atoms with van der Waals surface area (Å²) in [5.41, 5.74) is 7.59. The Morgan fingerprint density at radius 1 is 1.30 bits per heavy atom. The molecule has 1 aliphatic heterocycles. The van der Waals surface area contributed by atoms with Crippen LogP contribution in [0.1, 0.15) is 42.5 Å². The fraction of sp³-hybridized carbons (Fsp3) is 0.706. The van der Waals surface area contributed by atoms with E-state index in [4.69, 9.17) is 5.73 Å². The highest BCUT2D eigenvalue weighted by atomic mass is 32.1. The highest BCUT2D eigenvalue weighted by molar-refractivity contribution is 7.10. The number of urea groups is 1. The van der Waals surface area contributed by atoms with E-state index in [-0.39, 0.29) is 11.6 Å². The second kappa shape index (κ2) is 7.64. The van der Waals surface area contributed by atoms with Crippen molar-refractivity contribution in [2.45, 2.75) is 50.6 Å². The minimum absolute atomic E-state index is 0.0892. The first-order valence-electron chi connectivity index (χ1n) is 8.73. The number of thiophene rings is 1. The standard InChI is InChI=1S/C17H28N4OS/c18-17(6-2-1-3-7-17)13-20-16(22)19-8-10-21-9-4-15-14(12-21)5-11-23-15/h5,11H,1-4,6-10,12-13,18H2,(H2,19,20,22). The van der Waals surface area contributed by atoms with Crippen LogP contribution in [-0.4, -0.2) is 42.6 Å². The Morgan fingerprint density at radius 2 is 2.13 bits per heavy atom. The third-order valence-electron chi connectivity index (χ3n) is 5.05. The largest absolute Gasteiger partial charge is 0.337 e. The molecule has 1 fully saturated rings. The van der Waals surface area contributed by atoms with E-state index in [0.29, 0.717) is 13.1 Å². The van der Waals surface area contributed by atoms with Gasteiger partial charge in [-0.2, -0.15) is 0 Å². The minimum Gasteiger partial charge on any atom is -0.337 e. The van der Waals surface area contributed by atoms with Gasteiger partial charge in [0.05, 0.1) is 0 Å². The number of nitrogens with one attached hydrogen (secondary N) is 2. The maximum Gasteiger partial charge on any atom is 0.314 e. The molecule has 23 heavy (non-hydrogen) atoms. The van der Waals surface area contributed by atoms with Crippen molar-refractivity contribution >= 4 is 17.4 Å². The quantitative estimate of drug-likeness (QED) is 0.771. The van der Waals surface area contributed by atoms with Crippen molar-refractivity contribution < 1.29 is 4.79 Å². The lowest BCUT2D eigenvalue weighted by molar-refractivity contribution is 0.223. The molecule has 0 atom stereocenters. The first-order valence-corrected chi connectivity index (χ1v) is 9.61.